The number of carbonyl (C=O) groups excluding carboxylic acids is 1. The lowest BCUT2D eigenvalue weighted by molar-refractivity contribution is -0.138. The number of carboxylic acid groups (broad SMARTS) is 1. The summed E-state index contributed by atoms with van der Waals surface area (Å²) in [5, 5.41) is 12.5. The van der Waals surface area contributed by atoms with Crippen LogP contribution in [0.3, 0.4) is 0 Å². The fourth-order valence-electron chi connectivity index (χ4n) is 5.22. The number of urea groups is 1. The Morgan fingerprint density at radius 3 is 2.56 bits per heavy atom. The van der Waals surface area contributed by atoms with Crippen LogP contribution in [-0.2, 0) is 16.6 Å². The molecule has 2 aliphatic rings. The number of nitrogens with one attached hydrogen (secondary N) is 1. The second-order valence-electron chi connectivity index (χ2n) is 10.9. The predicted molar refractivity (Wildman–Crippen MR) is 142 cm³/mol. The first-order chi connectivity index (χ1) is 17.1. The van der Waals surface area contributed by atoms with E-state index < -0.39 is 5.97 Å². The van der Waals surface area contributed by atoms with Gasteiger partial charge in [-0.3, -0.25) is 9.79 Å². The van der Waals surface area contributed by atoms with Gasteiger partial charge in [0.25, 0.3) is 0 Å². The van der Waals surface area contributed by atoms with Crippen LogP contribution >= 0.6 is 0 Å². The molecule has 4 rings (SSSR count). The largest absolute Gasteiger partial charge is 0.497 e. The first-order valence-electron chi connectivity index (χ1n) is 12.7. The lowest BCUT2D eigenvalue weighted by Gasteiger charge is -2.38. The molecule has 1 saturated heterocycles. The number of benzene rings is 2. The minimum Gasteiger partial charge on any atom is -0.497 e. The van der Waals surface area contributed by atoms with Crippen molar-refractivity contribution in [3.63, 3.8) is 0 Å². The van der Waals surface area contributed by atoms with Crippen LogP contribution in [0.5, 0.6) is 5.75 Å². The zero-order chi connectivity index (χ0) is 25.9. The molecule has 2 atom stereocenters. The number of hydrogen-bond donors (Lipinski definition) is 2. The molecule has 1 fully saturated rings. The van der Waals surface area contributed by atoms with Crippen LogP contribution in [0.4, 0.5) is 10.5 Å². The van der Waals surface area contributed by atoms with Crippen LogP contribution in [0.15, 0.2) is 47.5 Å². The molecule has 0 unspecified atom stereocenters. The fourth-order valence-corrected chi connectivity index (χ4v) is 5.22. The van der Waals surface area contributed by atoms with E-state index in [-0.39, 0.29) is 29.7 Å². The Bertz CT molecular complexity index is 1130. The molecule has 0 bridgehead atoms. The Morgan fingerprint density at radius 1 is 1.14 bits per heavy atom. The van der Waals surface area contributed by atoms with Gasteiger partial charge < -0.3 is 20.1 Å². The molecule has 36 heavy (non-hydrogen) atoms. The van der Waals surface area contributed by atoms with Gasteiger partial charge in [-0.2, -0.15) is 0 Å². The zero-order valence-electron chi connectivity index (χ0n) is 21.7. The summed E-state index contributed by atoms with van der Waals surface area (Å²) in [4.78, 5) is 31.4. The monoisotopic (exact) mass is 491 g/mol. The predicted octanol–water partition coefficient (Wildman–Crippen LogP) is 5.37. The summed E-state index contributed by atoms with van der Waals surface area (Å²) in [7, 11) is 1.61. The van der Waals surface area contributed by atoms with E-state index in [1.807, 2.05) is 29.2 Å². The van der Waals surface area contributed by atoms with Gasteiger partial charge in [-0.25, -0.2) is 4.79 Å². The molecule has 2 aromatic rings. The van der Waals surface area contributed by atoms with E-state index in [1.54, 1.807) is 7.11 Å². The molecule has 2 heterocycles. The molecule has 0 radical (unpaired) electrons. The average molecular weight is 492 g/mol. The molecule has 2 N–H and O–H groups in total. The summed E-state index contributed by atoms with van der Waals surface area (Å²) in [6, 6.07) is 13.8. The van der Waals surface area contributed by atoms with E-state index in [0.29, 0.717) is 31.6 Å². The molecule has 2 amide bonds. The topological polar surface area (TPSA) is 91.2 Å². The van der Waals surface area contributed by atoms with Crippen molar-refractivity contribution in [3.8, 4) is 5.75 Å². The van der Waals surface area contributed by atoms with Gasteiger partial charge >= 0.3 is 12.0 Å². The van der Waals surface area contributed by atoms with Gasteiger partial charge in [0.2, 0.25) is 0 Å². The molecule has 192 valence electrons. The van der Waals surface area contributed by atoms with E-state index in [1.165, 1.54) is 16.7 Å². The summed E-state index contributed by atoms with van der Waals surface area (Å²) < 4.78 is 5.19. The van der Waals surface area contributed by atoms with Crippen LogP contribution in [0.1, 0.15) is 56.7 Å². The Balaban J connectivity index is 1.52. The number of aliphatic imine (C=N–C) groups is 1. The summed E-state index contributed by atoms with van der Waals surface area (Å²) in [5.41, 5.74) is 5.52. The van der Waals surface area contributed by atoms with Crippen LogP contribution in [-0.4, -0.2) is 54.5 Å². The second kappa shape index (κ2) is 10.7. The average Bonchev–Trinajstić information content (AvgIpc) is 2.84. The van der Waals surface area contributed by atoms with Gasteiger partial charge in [0.15, 0.2) is 0 Å². The lowest BCUT2D eigenvalue weighted by Crippen LogP contribution is -2.46. The number of amides is 2. The van der Waals surface area contributed by atoms with Crippen molar-refractivity contribution in [3.05, 3.63) is 59.2 Å². The van der Waals surface area contributed by atoms with E-state index in [0.717, 1.165) is 24.4 Å². The summed E-state index contributed by atoms with van der Waals surface area (Å²) in [5.74, 6) is -0.0290. The highest BCUT2D eigenvalue weighted by Gasteiger charge is 2.34. The van der Waals surface area contributed by atoms with Crippen molar-refractivity contribution >= 4 is 23.4 Å². The number of ether oxygens (including phenoxy) is 1. The van der Waals surface area contributed by atoms with Gasteiger partial charge in [-0.1, -0.05) is 32.9 Å². The molecule has 0 aliphatic carbocycles. The Kier molecular flexibility index (Phi) is 7.67. The third-order valence-electron chi connectivity index (χ3n) is 7.38. The van der Waals surface area contributed by atoms with Crippen molar-refractivity contribution in [1.29, 1.82) is 0 Å². The Hall–Kier alpha value is -3.35. The third-order valence-corrected chi connectivity index (χ3v) is 7.38. The maximum Gasteiger partial charge on any atom is 0.321 e. The van der Waals surface area contributed by atoms with Gasteiger partial charge in [0, 0.05) is 37.5 Å². The molecular weight excluding hydrogens is 454 g/mol. The lowest BCUT2D eigenvalue weighted by atomic mass is 9.77. The normalized spacial score (nSPS) is 19.8. The Morgan fingerprint density at radius 2 is 1.89 bits per heavy atom. The molecule has 0 saturated carbocycles. The molecule has 2 aliphatic heterocycles. The SMILES string of the molecule is COc1ccc(NC(=O)N2CC[C@@H](CC(=O)O)[C@@H](CC3=NCCc4ccc(C(C)(C)C)cc43)C2)cc1. The number of likely N-dealkylation sites (tertiary alicyclic amines) is 1. The Labute approximate surface area is 213 Å². The highest BCUT2D eigenvalue weighted by Crippen LogP contribution is 2.34. The quantitative estimate of drug-likeness (QED) is 0.568. The zero-order valence-corrected chi connectivity index (χ0v) is 21.7. The van der Waals surface area contributed by atoms with Crippen molar-refractivity contribution in [2.75, 3.05) is 32.1 Å². The van der Waals surface area contributed by atoms with Gasteiger partial charge in [0.1, 0.15) is 5.75 Å². The van der Waals surface area contributed by atoms with Crippen molar-refractivity contribution < 1.29 is 19.4 Å². The number of carboxylic acids is 1. The van der Waals surface area contributed by atoms with Gasteiger partial charge in [-0.05, 0) is 83.5 Å². The number of piperidine rings is 1. The van der Waals surface area contributed by atoms with E-state index >= 15 is 0 Å². The summed E-state index contributed by atoms with van der Waals surface area (Å²) in [6.45, 7) is 8.41. The van der Waals surface area contributed by atoms with E-state index in [4.69, 9.17) is 9.73 Å². The van der Waals surface area contributed by atoms with Crippen LogP contribution < -0.4 is 10.1 Å². The van der Waals surface area contributed by atoms with Crippen LogP contribution in [0.2, 0.25) is 0 Å². The summed E-state index contributed by atoms with van der Waals surface area (Å²) in [6.07, 6.45) is 2.36. The smallest absolute Gasteiger partial charge is 0.321 e. The number of methoxy groups -OCH3 is 1. The van der Waals surface area contributed by atoms with Crippen LogP contribution in [0, 0.1) is 11.8 Å². The van der Waals surface area contributed by atoms with Gasteiger partial charge in [0.05, 0.1) is 7.11 Å². The minimum absolute atomic E-state index is 0.00594. The number of anilines is 1. The maximum atomic E-state index is 13.1. The van der Waals surface area contributed by atoms with Crippen molar-refractivity contribution in [2.45, 2.75) is 51.9 Å². The molecular formula is C29H37N3O4. The highest BCUT2D eigenvalue weighted by molar-refractivity contribution is 6.03. The standard InChI is InChI=1S/C29H37N3O4/c1-29(2,3)22-6-5-19-11-13-30-26(25(19)17-22)15-21-18-32(14-12-20(21)16-27(33)34)28(35)31-23-7-9-24(36-4)10-8-23/h5-10,17,20-21H,11-16,18H2,1-4H3,(H,31,35)(H,33,34)/t20-,21-/m0/s1. The number of rotatable bonds is 6. The number of fused-ring (bicyclic) bond motifs is 1. The molecule has 7 heteroatoms. The molecule has 0 aromatic heterocycles. The maximum absolute atomic E-state index is 13.1. The first-order valence-corrected chi connectivity index (χ1v) is 12.7. The number of carbonyl (C=O) groups is 2. The molecule has 7 nitrogen and oxygen atoms in total. The molecule has 2 aromatic carbocycles. The van der Waals surface area contributed by atoms with Gasteiger partial charge in [-0.15, -0.1) is 0 Å². The molecule has 0 spiro atoms. The van der Waals surface area contributed by atoms with E-state index in [9.17, 15) is 14.7 Å². The minimum atomic E-state index is -0.790. The van der Waals surface area contributed by atoms with Crippen molar-refractivity contribution in [1.82, 2.24) is 4.90 Å². The number of aliphatic carboxylic acids is 1. The fraction of sp³-hybridized carbons (Fsp3) is 0.483. The number of hydrogen-bond acceptors (Lipinski definition) is 4. The highest BCUT2D eigenvalue weighted by atomic mass is 16.5. The van der Waals surface area contributed by atoms with E-state index in [2.05, 4.69) is 44.3 Å². The van der Waals surface area contributed by atoms with Crippen molar-refractivity contribution in [2.24, 2.45) is 16.8 Å². The summed E-state index contributed by atoms with van der Waals surface area (Å²) >= 11 is 0. The number of nitrogens with zero attached hydrogens (tertiary/aromatic N) is 2. The first kappa shape index (κ1) is 25.7. The second-order valence-corrected chi connectivity index (χ2v) is 10.9. The third kappa shape index (κ3) is 6.07. The van der Waals surface area contributed by atoms with Crippen LogP contribution in [0.25, 0.3) is 0 Å².